The van der Waals surface area contributed by atoms with Crippen molar-refractivity contribution in [2.75, 3.05) is 18.6 Å². The molecule has 0 spiro atoms. The molecule has 4 rings (SSSR count). The molecule has 2 aromatic heterocycles. The largest absolute Gasteiger partial charge is 0.465 e. The zero-order valence-electron chi connectivity index (χ0n) is 18.7. The molecule has 3 aromatic rings. The number of ether oxygens (including phenoxy) is 1. The van der Waals surface area contributed by atoms with Crippen molar-refractivity contribution in [2.45, 2.75) is 39.8 Å². The van der Waals surface area contributed by atoms with Crippen LogP contribution in [0.1, 0.15) is 55.7 Å². The standard InChI is InChI=1S/C25H28N4O3/c1-4-20-22(25(31)32-3)16(2)23(28-20)24(30)27-14-17-9-10-21(26-13-17)29-12-11-18-7-5-6-8-19(18)15-29/h5-10,13,28H,4,11-12,14-15H2,1-3H3,(H,27,30). The van der Waals surface area contributed by atoms with Crippen LogP contribution in [0.15, 0.2) is 42.6 Å². The van der Waals surface area contributed by atoms with Crippen molar-refractivity contribution in [3.63, 3.8) is 0 Å². The van der Waals surface area contributed by atoms with Gasteiger partial charge >= 0.3 is 5.97 Å². The molecule has 7 heteroatoms. The lowest BCUT2D eigenvalue weighted by atomic mass is 10.00. The fourth-order valence-electron chi connectivity index (χ4n) is 4.20. The Morgan fingerprint density at radius 1 is 1.19 bits per heavy atom. The summed E-state index contributed by atoms with van der Waals surface area (Å²) in [5, 5.41) is 2.91. The van der Waals surface area contributed by atoms with Crippen LogP contribution >= 0.6 is 0 Å². The van der Waals surface area contributed by atoms with Crippen LogP contribution in [-0.2, 0) is 30.7 Å². The second kappa shape index (κ2) is 9.26. The number of aryl methyl sites for hydroxylation is 1. The minimum atomic E-state index is -0.435. The Hall–Kier alpha value is -3.61. The van der Waals surface area contributed by atoms with Crippen LogP contribution in [0.3, 0.4) is 0 Å². The summed E-state index contributed by atoms with van der Waals surface area (Å²) >= 11 is 0. The number of esters is 1. The summed E-state index contributed by atoms with van der Waals surface area (Å²) in [5.74, 6) is 0.240. The SMILES string of the molecule is CCc1[nH]c(C(=O)NCc2ccc(N3CCc4ccccc4C3)nc2)c(C)c1C(=O)OC. The maximum atomic E-state index is 12.7. The highest BCUT2D eigenvalue weighted by atomic mass is 16.5. The van der Waals surface area contributed by atoms with E-state index in [2.05, 4.69) is 44.5 Å². The number of nitrogens with one attached hydrogen (secondary N) is 2. The molecule has 7 nitrogen and oxygen atoms in total. The summed E-state index contributed by atoms with van der Waals surface area (Å²) in [6, 6.07) is 12.5. The molecule has 0 bridgehead atoms. The number of rotatable bonds is 6. The fourth-order valence-corrected chi connectivity index (χ4v) is 4.20. The number of hydrogen-bond donors (Lipinski definition) is 2. The van der Waals surface area contributed by atoms with Crippen LogP contribution in [0.5, 0.6) is 0 Å². The topological polar surface area (TPSA) is 87.3 Å². The zero-order chi connectivity index (χ0) is 22.7. The number of nitrogens with zero attached hydrogens (tertiary/aromatic N) is 2. The van der Waals surface area contributed by atoms with Gasteiger partial charge in [-0.2, -0.15) is 0 Å². The van der Waals surface area contributed by atoms with Crippen molar-refractivity contribution in [1.29, 1.82) is 0 Å². The Kier molecular flexibility index (Phi) is 6.25. The minimum absolute atomic E-state index is 0.260. The third kappa shape index (κ3) is 4.23. The maximum absolute atomic E-state index is 12.7. The van der Waals surface area contributed by atoms with Crippen molar-refractivity contribution in [2.24, 2.45) is 0 Å². The number of fused-ring (bicyclic) bond motifs is 1. The quantitative estimate of drug-likeness (QED) is 0.582. The number of benzene rings is 1. The first-order valence-corrected chi connectivity index (χ1v) is 10.9. The van der Waals surface area contributed by atoms with E-state index < -0.39 is 5.97 Å². The van der Waals surface area contributed by atoms with Crippen LogP contribution in [0.4, 0.5) is 5.82 Å². The maximum Gasteiger partial charge on any atom is 0.339 e. The van der Waals surface area contributed by atoms with Gasteiger partial charge in [-0.15, -0.1) is 0 Å². The smallest absolute Gasteiger partial charge is 0.339 e. The molecule has 0 saturated heterocycles. The van der Waals surface area contributed by atoms with Gasteiger partial charge in [-0.05, 0) is 48.1 Å². The average molecular weight is 433 g/mol. The van der Waals surface area contributed by atoms with E-state index in [4.69, 9.17) is 4.74 Å². The van der Waals surface area contributed by atoms with E-state index in [1.54, 1.807) is 13.1 Å². The first-order valence-electron chi connectivity index (χ1n) is 10.9. The van der Waals surface area contributed by atoms with E-state index in [1.807, 2.05) is 19.1 Å². The monoisotopic (exact) mass is 432 g/mol. The molecule has 1 amide bonds. The van der Waals surface area contributed by atoms with E-state index in [-0.39, 0.29) is 5.91 Å². The lowest BCUT2D eigenvalue weighted by Gasteiger charge is -2.29. The normalized spacial score (nSPS) is 12.9. The molecule has 1 aliphatic heterocycles. The Morgan fingerprint density at radius 2 is 1.97 bits per heavy atom. The van der Waals surface area contributed by atoms with Gasteiger partial charge in [0.15, 0.2) is 0 Å². The number of pyridine rings is 1. The Morgan fingerprint density at radius 3 is 2.66 bits per heavy atom. The van der Waals surface area contributed by atoms with Crippen molar-refractivity contribution in [3.05, 3.63) is 81.8 Å². The number of aromatic amines is 1. The van der Waals surface area contributed by atoms with Crippen molar-refractivity contribution < 1.29 is 14.3 Å². The van der Waals surface area contributed by atoms with Gasteiger partial charge in [0.25, 0.3) is 5.91 Å². The third-order valence-electron chi connectivity index (χ3n) is 6.01. The molecule has 0 aliphatic carbocycles. The fraction of sp³-hybridized carbons (Fsp3) is 0.320. The predicted molar refractivity (Wildman–Crippen MR) is 123 cm³/mol. The molecule has 166 valence electrons. The molecule has 0 atom stereocenters. The van der Waals surface area contributed by atoms with E-state index in [0.717, 1.165) is 30.9 Å². The Labute approximate surface area is 187 Å². The number of anilines is 1. The molecule has 32 heavy (non-hydrogen) atoms. The number of methoxy groups -OCH3 is 1. The molecule has 2 N–H and O–H groups in total. The third-order valence-corrected chi connectivity index (χ3v) is 6.01. The summed E-state index contributed by atoms with van der Waals surface area (Å²) < 4.78 is 4.86. The summed E-state index contributed by atoms with van der Waals surface area (Å²) in [7, 11) is 1.34. The Balaban J connectivity index is 1.40. The van der Waals surface area contributed by atoms with E-state index in [1.165, 1.54) is 18.2 Å². The first kappa shape index (κ1) is 21.6. The predicted octanol–water partition coefficient (Wildman–Crippen LogP) is 3.56. The summed E-state index contributed by atoms with van der Waals surface area (Å²) in [6.07, 6.45) is 3.42. The summed E-state index contributed by atoms with van der Waals surface area (Å²) in [4.78, 5) is 34.8. The minimum Gasteiger partial charge on any atom is -0.465 e. The van der Waals surface area contributed by atoms with Crippen LogP contribution in [0.25, 0.3) is 0 Å². The van der Waals surface area contributed by atoms with Gasteiger partial charge in [0.1, 0.15) is 11.5 Å². The van der Waals surface area contributed by atoms with Gasteiger partial charge in [-0.3, -0.25) is 4.79 Å². The first-order chi connectivity index (χ1) is 15.5. The van der Waals surface area contributed by atoms with Crippen LogP contribution in [0.2, 0.25) is 0 Å². The molecule has 0 radical (unpaired) electrons. The van der Waals surface area contributed by atoms with E-state index >= 15 is 0 Å². The van der Waals surface area contributed by atoms with Crippen LogP contribution in [-0.4, -0.2) is 35.5 Å². The zero-order valence-corrected chi connectivity index (χ0v) is 18.7. The highest BCUT2D eigenvalue weighted by Crippen LogP contribution is 2.23. The van der Waals surface area contributed by atoms with Gasteiger partial charge in [0, 0.05) is 31.5 Å². The number of hydrogen-bond acceptors (Lipinski definition) is 5. The molecule has 0 saturated carbocycles. The molecule has 1 aliphatic rings. The number of aromatic nitrogens is 2. The van der Waals surface area contributed by atoms with E-state index in [9.17, 15) is 9.59 Å². The molecular weight excluding hydrogens is 404 g/mol. The second-order valence-electron chi connectivity index (χ2n) is 7.97. The van der Waals surface area contributed by atoms with Gasteiger partial charge in [-0.1, -0.05) is 37.3 Å². The van der Waals surface area contributed by atoms with Gasteiger partial charge in [-0.25, -0.2) is 9.78 Å². The number of carbonyl (C=O) groups excluding carboxylic acids is 2. The van der Waals surface area contributed by atoms with Gasteiger partial charge in [0.2, 0.25) is 0 Å². The molecule has 0 fully saturated rings. The molecular formula is C25H28N4O3. The highest BCUT2D eigenvalue weighted by molar-refractivity contribution is 6.00. The number of amides is 1. The lowest BCUT2D eigenvalue weighted by Crippen LogP contribution is -2.31. The summed E-state index contributed by atoms with van der Waals surface area (Å²) in [5.41, 5.74) is 5.79. The lowest BCUT2D eigenvalue weighted by molar-refractivity contribution is 0.0599. The molecule has 0 unspecified atom stereocenters. The Bertz CT molecular complexity index is 1130. The molecule has 3 heterocycles. The van der Waals surface area contributed by atoms with Gasteiger partial charge < -0.3 is 19.9 Å². The second-order valence-corrected chi connectivity index (χ2v) is 7.97. The number of carbonyl (C=O) groups is 2. The summed E-state index contributed by atoms with van der Waals surface area (Å²) in [6.45, 7) is 5.82. The average Bonchev–Trinajstić information content (AvgIpc) is 3.18. The molecule has 1 aromatic carbocycles. The van der Waals surface area contributed by atoms with Gasteiger partial charge in [0.05, 0.1) is 12.7 Å². The number of H-pyrrole nitrogens is 1. The van der Waals surface area contributed by atoms with Crippen molar-refractivity contribution in [1.82, 2.24) is 15.3 Å². The van der Waals surface area contributed by atoms with Crippen LogP contribution in [0, 0.1) is 6.92 Å². The highest BCUT2D eigenvalue weighted by Gasteiger charge is 2.23. The van der Waals surface area contributed by atoms with Crippen LogP contribution < -0.4 is 10.2 Å². The van der Waals surface area contributed by atoms with Crippen molar-refractivity contribution >= 4 is 17.7 Å². The van der Waals surface area contributed by atoms with E-state index in [0.29, 0.717) is 35.5 Å². The van der Waals surface area contributed by atoms with Crippen molar-refractivity contribution in [3.8, 4) is 0 Å².